The fraction of sp³-hybridized carbons (Fsp3) is 0.450. The fourth-order valence-electron chi connectivity index (χ4n) is 3.33. The van der Waals surface area contributed by atoms with E-state index in [2.05, 4.69) is 10.3 Å². The number of methoxy groups -OCH3 is 1. The van der Waals surface area contributed by atoms with Gasteiger partial charge in [-0.15, -0.1) is 0 Å². The number of aromatic nitrogens is 2. The van der Waals surface area contributed by atoms with Gasteiger partial charge in [0.1, 0.15) is 30.7 Å². The van der Waals surface area contributed by atoms with Gasteiger partial charge in [0.05, 0.1) is 6.61 Å². The number of benzene rings is 1. The van der Waals surface area contributed by atoms with E-state index in [9.17, 15) is 24.1 Å². The number of amides is 1. The number of ether oxygens (including phenoxy) is 3. The maximum absolute atomic E-state index is 13.3. The molecule has 192 valence electrons. The lowest BCUT2D eigenvalue weighted by atomic mass is 10.1. The van der Waals surface area contributed by atoms with Crippen molar-refractivity contribution in [2.45, 2.75) is 31.1 Å². The number of aliphatic hydroxyl groups excluding tert-OH is 1. The highest BCUT2D eigenvalue weighted by atomic mass is 31.2. The van der Waals surface area contributed by atoms with Gasteiger partial charge in [-0.25, -0.2) is 14.2 Å². The second-order valence-corrected chi connectivity index (χ2v) is 8.88. The van der Waals surface area contributed by atoms with E-state index < -0.39 is 56.3 Å². The maximum Gasteiger partial charge on any atom is 0.530 e. The maximum atomic E-state index is 13.3. The lowest BCUT2D eigenvalue weighted by Crippen LogP contribution is -2.40. The summed E-state index contributed by atoms with van der Waals surface area (Å²) in [6.07, 6.45) is -3.78. The van der Waals surface area contributed by atoms with Crippen molar-refractivity contribution in [1.29, 1.82) is 0 Å². The van der Waals surface area contributed by atoms with Gasteiger partial charge in [0, 0.05) is 33.5 Å². The first kappa shape index (κ1) is 26.6. The summed E-state index contributed by atoms with van der Waals surface area (Å²) in [6.45, 7) is -0.556. The van der Waals surface area contributed by atoms with Gasteiger partial charge >= 0.3 is 19.6 Å². The summed E-state index contributed by atoms with van der Waals surface area (Å²) >= 11 is 0. The van der Waals surface area contributed by atoms with Gasteiger partial charge in [-0.2, -0.15) is 0 Å². The molecule has 0 spiro atoms. The van der Waals surface area contributed by atoms with Crippen LogP contribution in [0, 0.1) is 0 Å². The van der Waals surface area contributed by atoms with Crippen LogP contribution in [-0.4, -0.2) is 66.9 Å². The number of phosphoric ester groups is 1. The molecule has 1 aliphatic heterocycles. The molecule has 3 N–H and O–H groups in total. The molecular weight excluding hydrogens is 489 g/mol. The molecule has 2 aromatic rings. The molecule has 2 heterocycles. The Labute approximate surface area is 199 Å². The van der Waals surface area contributed by atoms with E-state index in [1.165, 1.54) is 32.5 Å². The van der Waals surface area contributed by atoms with Crippen molar-refractivity contribution in [2.24, 2.45) is 0 Å². The Morgan fingerprint density at radius 2 is 1.91 bits per heavy atom. The largest absolute Gasteiger partial charge is 0.530 e. The van der Waals surface area contributed by atoms with Crippen LogP contribution in [0.3, 0.4) is 0 Å². The van der Waals surface area contributed by atoms with Crippen LogP contribution in [0.4, 0.5) is 4.79 Å². The standard InChI is InChI=1S/C20H26N3O11P/c1-21-20(27)31-11-12-4-6-13(7-5-12)33-35(28,30-3)34-16-14(10-24)32-18(17(16)29-2)23-9-8-15(25)22-19(23)26/h4-9,14,16-18,24H,10-11H2,1-3H3,(H,21,27)(H,22,25,26)/t14-,16?,17?,18-,35?/m1/s1. The van der Waals surface area contributed by atoms with Gasteiger partial charge in [0.25, 0.3) is 5.56 Å². The highest BCUT2D eigenvalue weighted by Crippen LogP contribution is 2.52. The Hall–Kier alpha value is -3.00. The molecule has 14 nitrogen and oxygen atoms in total. The van der Waals surface area contributed by atoms with Crippen molar-refractivity contribution < 1.29 is 42.2 Å². The van der Waals surface area contributed by atoms with Gasteiger partial charge in [0.15, 0.2) is 6.23 Å². The van der Waals surface area contributed by atoms with Gasteiger partial charge in [-0.3, -0.25) is 23.4 Å². The zero-order valence-corrected chi connectivity index (χ0v) is 20.0. The molecule has 5 atom stereocenters. The van der Waals surface area contributed by atoms with E-state index in [1.54, 1.807) is 12.1 Å². The molecule has 3 rings (SSSR count). The Morgan fingerprint density at radius 1 is 1.20 bits per heavy atom. The Kier molecular flexibility index (Phi) is 8.83. The van der Waals surface area contributed by atoms with Crippen molar-refractivity contribution in [3.05, 3.63) is 62.9 Å². The van der Waals surface area contributed by atoms with Crippen molar-refractivity contribution in [3.8, 4) is 5.75 Å². The van der Waals surface area contributed by atoms with Crippen LogP contribution < -0.4 is 21.1 Å². The molecular formula is C20H26N3O11P. The van der Waals surface area contributed by atoms with E-state index in [0.717, 1.165) is 17.7 Å². The molecule has 1 aromatic heterocycles. The predicted octanol–water partition coefficient (Wildman–Crippen LogP) is 0.516. The quantitative estimate of drug-likeness (QED) is 0.376. The Balaban J connectivity index is 1.77. The highest BCUT2D eigenvalue weighted by molar-refractivity contribution is 7.48. The minimum Gasteiger partial charge on any atom is -0.445 e. The Morgan fingerprint density at radius 3 is 2.49 bits per heavy atom. The van der Waals surface area contributed by atoms with E-state index in [1.807, 2.05) is 0 Å². The smallest absolute Gasteiger partial charge is 0.445 e. The third-order valence-corrected chi connectivity index (χ3v) is 6.44. The number of hydrogen-bond donors (Lipinski definition) is 3. The first-order valence-electron chi connectivity index (χ1n) is 10.3. The van der Waals surface area contributed by atoms with Gasteiger partial charge in [-0.1, -0.05) is 12.1 Å². The van der Waals surface area contributed by atoms with Crippen LogP contribution in [0.25, 0.3) is 0 Å². The van der Waals surface area contributed by atoms with Crippen molar-refractivity contribution >= 4 is 13.9 Å². The number of H-pyrrole nitrogens is 1. The molecule has 3 unspecified atom stereocenters. The minimum atomic E-state index is -4.27. The number of rotatable bonds is 10. The number of hydrogen-bond acceptors (Lipinski definition) is 11. The minimum absolute atomic E-state index is 0.0109. The summed E-state index contributed by atoms with van der Waals surface area (Å²) in [5, 5.41) is 12.1. The third-order valence-electron chi connectivity index (χ3n) is 5.05. The summed E-state index contributed by atoms with van der Waals surface area (Å²) in [4.78, 5) is 36.9. The summed E-state index contributed by atoms with van der Waals surface area (Å²) in [5.41, 5.74) is -0.728. The van der Waals surface area contributed by atoms with E-state index in [-0.39, 0.29) is 12.4 Å². The van der Waals surface area contributed by atoms with Crippen LogP contribution in [0.2, 0.25) is 0 Å². The van der Waals surface area contributed by atoms with Crippen molar-refractivity contribution in [2.75, 3.05) is 27.9 Å². The van der Waals surface area contributed by atoms with E-state index >= 15 is 0 Å². The SMILES string of the molecule is CNC(=O)OCc1ccc(OP(=O)(OC)OC2C(OC)[C@H](n3ccc(=O)[nH]c3=O)O[C@@H]2CO)cc1. The normalized spacial score (nSPS) is 23.4. The molecule has 1 aromatic carbocycles. The van der Waals surface area contributed by atoms with Crippen LogP contribution in [0.15, 0.2) is 46.1 Å². The van der Waals surface area contributed by atoms with E-state index in [4.69, 9.17) is 27.8 Å². The average molecular weight is 515 g/mol. The summed E-state index contributed by atoms with van der Waals surface area (Å²) in [5.74, 6) is 0.126. The number of nitrogens with one attached hydrogen (secondary N) is 2. The topological polar surface area (TPSA) is 177 Å². The first-order valence-corrected chi connectivity index (χ1v) is 11.8. The number of phosphoric acid groups is 1. The molecule has 0 aliphatic carbocycles. The second kappa shape index (κ2) is 11.6. The number of aromatic amines is 1. The lowest BCUT2D eigenvalue weighted by molar-refractivity contribution is -0.0625. The molecule has 35 heavy (non-hydrogen) atoms. The summed E-state index contributed by atoms with van der Waals surface area (Å²) in [6, 6.07) is 7.24. The monoisotopic (exact) mass is 515 g/mol. The van der Waals surface area contributed by atoms with E-state index in [0.29, 0.717) is 5.56 Å². The summed E-state index contributed by atoms with van der Waals surface area (Å²) < 4.78 is 46.5. The molecule has 0 bridgehead atoms. The van der Waals surface area contributed by atoms with Crippen LogP contribution in [-0.2, 0) is 34.4 Å². The molecule has 0 radical (unpaired) electrons. The lowest BCUT2D eigenvalue weighted by Gasteiger charge is -2.26. The first-order chi connectivity index (χ1) is 16.7. The van der Waals surface area contributed by atoms with Crippen molar-refractivity contribution in [1.82, 2.24) is 14.9 Å². The Bertz CT molecular complexity index is 1170. The number of carbonyl (C=O) groups excluding carboxylic acids is 1. The molecule has 15 heteroatoms. The van der Waals surface area contributed by atoms with Gasteiger partial charge in [-0.05, 0) is 17.7 Å². The second-order valence-electron chi connectivity index (χ2n) is 7.23. The van der Waals surface area contributed by atoms with Crippen LogP contribution in [0.1, 0.15) is 11.8 Å². The van der Waals surface area contributed by atoms with Gasteiger partial charge in [0.2, 0.25) is 0 Å². The molecule has 1 aliphatic rings. The molecule has 1 fully saturated rings. The highest BCUT2D eigenvalue weighted by Gasteiger charge is 2.51. The molecule has 1 saturated heterocycles. The summed E-state index contributed by atoms with van der Waals surface area (Å²) in [7, 11) is -0.410. The van der Waals surface area contributed by atoms with Crippen LogP contribution in [0.5, 0.6) is 5.75 Å². The number of carbonyl (C=O) groups is 1. The fourth-order valence-corrected chi connectivity index (χ4v) is 4.47. The van der Waals surface area contributed by atoms with Crippen LogP contribution >= 0.6 is 7.82 Å². The van der Waals surface area contributed by atoms with Gasteiger partial charge < -0.3 is 29.2 Å². The third kappa shape index (κ3) is 6.36. The predicted molar refractivity (Wildman–Crippen MR) is 119 cm³/mol. The average Bonchev–Trinajstić information content (AvgIpc) is 3.19. The number of aliphatic hydroxyl groups is 1. The number of nitrogens with zero attached hydrogens (tertiary/aromatic N) is 1. The number of alkyl carbamates (subject to hydrolysis) is 1. The zero-order valence-electron chi connectivity index (χ0n) is 19.1. The molecule has 1 amide bonds. The zero-order chi connectivity index (χ0) is 25.6. The van der Waals surface area contributed by atoms with Crippen molar-refractivity contribution in [3.63, 3.8) is 0 Å². The molecule has 0 saturated carbocycles.